The van der Waals surface area contributed by atoms with Gasteiger partial charge in [0.2, 0.25) is 0 Å². The lowest BCUT2D eigenvalue weighted by Gasteiger charge is -2.46. The summed E-state index contributed by atoms with van der Waals surface area (Å²) in [7, 11) is -3.62. The van der Waals surface area contributed by atoms with Crippen molar-refractivity contribution in [2.75, 3.05) is 13.2 Å². The Kier molecular flexibility index (Phi) is 8.84. The molecule has 1 fully saturated rings. The molecule has 0 aromatic carbocycles. The highest BCUT2D eigenvalue weighted by Crippen LogP contribution is 2.43. The molecule has 0 bridgehead atoms. The molecule has 1 rings (SSSR count). The lowest BCUT2D eigenvalue weighted by Crippen LogP contribution is -2.53. The number of hydrogen-bond acceptors (Lipinski definition) is 3. The van der Waals surface area contributed by atoms with E-state index in [9.17, 15) is 0 Å². The quantitative estimate of drug-likeness (QED) is 0.399. The molecule has 5 heteroatoms. The van der Waals surface area contributed by atoms with Gasteiger partial charge in [0.05, 0.1) is 18.8 Å². The maximum absolute atomic E-state index is 6.84. The summed E-state index contributed by atoms with van der Waals surface area (Å²) < 4.78 is 19.8. The maximum atomic E-state index is 6.84. The molecule has 1 aliphatic rings. The zero-order valence-electron chi connectivity index (χ0n) is 20.3. The summed E-state index contributed by atoms with van der Waals surface area (Å²) in [6, 6.07) is 0. The van der Waals surface area contributed by atoms with Crippen LogP contribution >= 0.6 is 0 Å². The van der Waals surface area contributed by atoms with E-state index in [1.807, 2.05) is 0 Å². The Hall–Kier alpha value is 0.314. The third-order valence-electron chi connectivity index (χ3n) is 7.36. The van der Waals surface area contributed by atoms with Crippen molar-refractivity contribution in [1.82, 2.24) is 0 Å². The molecule has 1 aliphatic heterocycles. The zero-order valence-corrected chi connectivity index (χ0v) is 22.3. The van der Waals surface area contributed by atoms with E-state index in [2.05, 4.69) is 82.3 Å². The topological polar surface area (TPSA) is 27.7 Å². The van der Waals surface area contributed by atoms with E-state index in [4.69, 9.17) is 13.6 Å². The van der Waals surface area contributed by atoms with Gasteiger partial charge in [0.1, 0.15) is 0 Å². The Balaban J connectivity index is 2.87. The minimum atomic E-state index is -1.85. The van der Waals surface area contributed by atoms with E-state index in [0.717, 1.165) is 19.6 Å². The fourth-order valence-electron chi connectivity index (χ4n) is 4.64. The van der Waals surface area contributed by atoms with E-state index < -0.39 is 16.6 Å². The van der Waals surface area contributed by atoms with Gasteiger partial charge < -0.3 is 13.6 Å². The molecule has 3 atom stereocenters. The van der Waals surface area contributed by atoms with Gasteiger partial charge in [0, 0.05) is 12.5 Å². The lowest BCUT2D eigenvalue weighted by molar-refractivity contribution is -0.0970. The van der Waals surface area contributed by atoms with Crippen LogP contribution in [0.25, 0.3) is 0 Å². The fraction of sp³-hybridized carbons (Fsp3) is 1.00. The smallest absolute Gasteiger partial charge is 0.200 e. The van der Waals surface area contributed by atoms with Crippen LogP contribution < -0.4 is 0 Å². The second-order valence-corrected chi connectivity index (χ2v) is 21.3. The Labute approximate surface area is 172 Å². The van der Waals surface area contributed by atoms with Crippen LogP contribution in [0.3, 0.4) is 0 Å². The summed E-state index contributed by atoms with van der Waals surface area (Å²) in [5.41, 5.74) is 1.82. The first-order valence-electron chi connectivity index (χ1n) is 11.1. The molecular formula is C22H48O3Si2. The number of ether oxygens (including phenoxy) is 1. The van der Waals surface area contributed by atoms with Gasteiger partial charge in [-0.1, -0.05) is 69.2 Å². The van der Waals surface area contributed by atoms with Crippen LogP contribution in [-0.2, 0) is 13.6 Å². The summed E-state index contributed by atoms with van der Waals surface area (Å²) in [6.45, 7) is 29.6. The molecule has 0 spiro atoms. The molecule has 0 aromatic heterocycles. The summed E-state index contributed by atoms with van der Waals surface area (Å²) in [5.74, 6) is 0.381. The Bertz CT molecular complexity index is 433. The predicted octanol–water partition coefficient (Wildman–Crippen LogP) is 6.99. The molecule has 0 N–H and O–H groups in total. The Morgan fingerprint density at radius 2 is 1.44 bits per heavy atom. The molecule has 0 amide bonds. The Morgan fingerprint density at radius 1 is 0.963 bits per heavy atom. The van der Waals surface area contributed by atoms with E-state index >= 15 is 0 Å². The largest absolute Gasteiger partial charge is 0.413 e. The summed E-state index contributed by atoms with van der Waals surface area (Å²) in [5, 5.41) is 0.242. The third-order valence-corrected chi connectivity index (χ3v) is 17.9. The van der Waals surface area contributed by atoms with Crippen molar-refractivity contribution in [2.45, 2.75) is 123 Å². The molecule has 0 aromatic rings. The van der Waals surface area contributed by atoms with Crippen LogP contribution in [0.1, 0.15) is 75.7 Å². The second-order valence-electron chi connectivity index (χ2n) is 11.1. The monoisotopic (exact) mass is 416 g/mol. The zero-order chi connectivity index (χ0) is 21.2. The molecule has 0 aliphatic carbocycles. The van der Waals surface area contributed by atoms with Gasteiger partial charge in [-0.3, -0.25) is 0 Å². The molecule has 0 radical (unpaired) electrons. The number of rotatable bonds is 8. The van der Waals surface area contributed by atoms with Gasteiger partial charge in [0.15, 0.2) is 16.6 Å². The first-order chi connectivity index (χ1) is 12.2. The first-order valence-corrected chi connectivity index (χ1v) is 16.1. The summed E-state index contributed by atoms with van der Waals surface area (Å²) in [4.78, 5) is 0. The Morgan fingerprint density at radius 3 is 1.85 bits per heavy atom. The van der Waals surface area contributed by atoms with E-state index in [1.165, 1.54) is 0 Å². The van der Waals surface area contributed by atoms with Crippen molar-refractivity contribution in [2.24, 2.45) is 5.92 Å². The maximum Gasteiger partial charge on any atom is 0.200 e. The van der Waals surface area contributed by atoms with Crippen LogP contribution in [0.5, 0.6) is 0 Å². The highest BCUT2D eigenvalue weighted by atomic mass is 28.4. The highest BCUT2D eigenvalue weighted by Gasteiger charge is 2.47. The van der Waals surface area contributed by atoms with Crippen LogP contribution in [0.4, 0.5) is 0 Å². The molecular weight excluding hydrogens is 368 g/mol. The van der Waals surface area contributed by atoms with Gasteiger partial charge in [-0.25, -0.2) is 0 Å². The third kappa shape index (κ3) is 5.68. The summed E-state index contributed by atoms with van der Waals surface area (Å²) in [6.07, 6.45) is 1.45. The minimum absolute atomic E-state index is 0.150. The lowest BCUT2D eigenvalue weighted by atomic mass is 9.94. The van der Waals surface area contributed by atoms with Crippen LogP contribution in [-0.4, -0.2) is 42.1 Å². The fourth-order valence-corrected chi connectivity index (χ4v) is 11.5. The average molecular weight is 417 g/mol. The minimum Gasteiger partial charge on any atom is -0.413 e. The molecule has 162 valence electrons. The van der Waals surface area contributed by atoms with Crippen molar-refractivity contribution >= 4 is 16.6 Å². The SMILES string of the molecule is CC(C)[Si](OCC1OCC[C@@H](O[Si](C)(C)C(C)(C)C)[C@H]1C)(C(C)C)C(C)C. The standard InChI is InChI=1S/C22H48O3Si2/c1-16(2)27(17(3)4,18(5)6)24-15-21-19(7)20(13-14-23-21)25-26(11,12)22(8,9)10/h16-21H,13-15H2,1-12H3/t19-,20-,21?/m1/s1. The molecule has 1 saturated heterocycles. The van der Waals surface area contributed by atoms with Crippen molar-refractivity contribution in [3.8, 4) is 0 Å². The van der Waals surface area contributed by atoms with Crippen molar-refractivity contribution in [3.63, 3.8) is 0 Å². The van der Waals surface area contributed by atoms with Gasteiger partial charge in [-0.05, 0) is 41.2 Å². The van der Waals surface area contributed by atoms with E-state index in [1.54, 1.807) is 0 Å². The second kappa shape index (κ2) is 9.42. The summed E-state index contributed by atoms with van der Waals surface area (Å²) >= 11 is 0. The van der Waals surface area contributed by atoms with Crippen LogP contribution in [0.2, 0.25) is 34.8 Å². The normalized spacial score (nSPS) is 25.7. The molecule has 3 nitrogen and oxygen atoms in total. The predicted molar refractivity (Wildman–Crippen MR) is 123 cm³/mol. The highest BCUT2D eigenvalue weighted by molar-refractivity contribution is 6.77. The van der Waals surface area contributed by atoms with Crippen LogP contribution in [0, 0.1) is 5.92 Å². The first kappa shape index (κ1) is 25.4. The van der Waals surface area contributed by atoms with Gasteiger partial charge >= 0.3 is 0 Å². The molecule has 1 unspecified atom stereocenters. The van der Waals surface area contributed by atoms with E-state index in [0.29, 0.717) is 28.6 Å². The average Bonchev–Trinajstić information content (AvgIpc) is 2.48. The van der Waals surface area contributed by atoms with E-state index in [-0.39, 0.29) is 11.1 Å². The van der Waals surface area contributed by atoms with Gasteiger partial charge in [0.25, 0.3) is 0 Å². The molecule has 27 heavy (non-hydrogen) atoms. The van der Waals surface area contributed by atoms with Gasteiger partial charge in [-0.15, -0.1) is 0 Å². The van der Waals surface area contributed by atoms with Crippen LogP contribution in [0.15, 0.2) is 0 Å². The van der Waals surface area contributed by atoms with Crippen molar-refractivity contribution < 1.29 is 13.6 Å². The number of hydrogen-bond donors (Lipinski definition) is 0. The molecule has 1 heterocycles. The molecule has 0 saturated carbocycles. The van der Waals surface area contributed by atoms with Gasteiger partial charge in [-0.2, -0.15) is 0 Å². The van der Waals surface area contributed by atoms with Crippen molar-refractivity contribution in [1.29, 1.82) is 0 Å². The van der Waals surface area contributed by atoms with Crippen molar-refractivity contribution in [3.05, 3.63) is 0 Å².